The van der Waals surface area contributed by atoms with E-state index in [2.05, 4.69) is 24.3 Å². The first kappa shape index (κ1) is 12.6. The van der Waals surface area contributed by atoms with Crippen molar-refractivity contribution in [2.24, 2.45) is 0 Å². The molecule has 1 atom stereocenters. The van der Waals surface area contributed by atoms with E-state index in [0.717, 1.165) is 25.7 Å². The number of fused-ring (bicyclic) bond motifs is 11. The molecule has 1 nitrogen and oxygen atoms in total. The summed E-state index contributed by atoms with van der Waals surface area (Å²) in [6.07, 6.45) is 10.3. The number of rotatable bonds is 0. The molecule has 3 rings (SSSR count). The van der Waals surface area contributed by atoms with E-state index < -0.39 is 0 Å². The number of aryl methyl sites for hydroxylation is 2. The highest BCUT2D eigenvalue weighted by molar-refractivity contribution is 5.22. The van der Waals surface area contributed by atoms with Gasteiger partial charge >= 0.3 is 0 Å². The summed E-state index contributed by atoms with van der Waals surface area (Å²) in [5.74, 6) is 0. The highest BCUT2D eigenvalue weighted by atomic mass is 16.3. The maximum Gasteiger partial charge on any atom is 0.0540 e. The van der Waals surface area contributed by atoms with Crippen LogP contribution in [-0.2, 0) is 12.8 Å². The van der Waals surface area contributed by atoms with Gasteiger partial charge in [0.2, 0.25) is 0 Å². The van der Waals surface area contributed by atoms with E-state index >= 15 is 0 Å². The molecule has 2 aliphatic carbocycles. The first-order valence-electron chi connectivity index (χ1n) is 7.10. The molecule has 0 aromatic heterocycles. The molecule has 0 spiro atoms. The molecule has 1 unspecified atom stereocenters. The van der Waals surface area contributed by atoms with Gasteiger partial charge in [0.15, 0.2) is 0 Å². The van der Waals surface area contributed by atoms with Gasteiger partial charge in [0.1, 0.15) is 0 Å². The fraction of sp³-hybridized carbons (Fsp3) is 0.625. The highest BCUT2D eigenvalue weighted by Gasteiger charge is 2.05. The van der Waals surface area contributed by atoms with Gasteiger partial charge < -0.3 is 5.11 Å². The topological polar surface area (TPSA) is 20.2 Å². The molecule has 2 bridgehead atoms. The number of hydrogen-bond donors (Lipinski definition) is 1. The molecule has 94 valence electrons. The zero-order valence-electron chi connectivity index (χ0n) is 10.7. The Balaban J connectivity index is 1.94. The van der Waals surface area contributed by atoms with Crippen LogP contribution in [0.2, 0.25) is 0 Å². The molecule has 0 aliphatic heterocycles. The van der Waals surface area contributed by atoms with Crippen LogP contribution in [0.5, 0.6) is 0 Å². The standard InChI is InChI=1S/C16H24O/c17-16-8-3-1-2-6-14-10-12-15(13-11-14)7-4-5-9-16/h10-13,16-17H,1-9H2. The van der Waals surface area contributed by atoms with Crippen molar-refractivity contribution in [2.75, 3.05) is 0 Å². The average molecular weight is 232 g/mol. The minimum Gasteiger partial charge on any atom is -0.393 e. The van der Waals surface area contributed by atoms with Crippen molar-refractivity contribution in [3.8, 4) is 0 Å². The smallest absolute Gasteiger partial charge is 0.0540 e. The van der Waals surface area contributed by atoms with Gasteiger partial charge in [-0.15, -0.1) is 0 Å². The summed E-state index contributed by atoms with van der Waals surface area (Å²) in [5, 5.41) is 9.81. The maximum absolute atomic E-state index is 9.81. The first-order chi connectivity index (χ1) is 8.34. The van der Waals surface area contributed by atoms with Crippen LogP contribution in [0.15, 0.2) is 24.3 Å². The van der Waals surface area contributed by atoms with Crippen LogP contribution in [0.3, 0.4) is 0 Å². The van der Waals surface area contributed by atoms with E-state index in [1.54, 1.807) is 0 Å². The van der Waals surface area contributed by atoms with Crippen LogP contribution in [0.1, 0.15) is 56.1 Å². The second-order valence-electron chi connectivity index (χ2n) is 5.32. The Kier molecular flexibility index (Phi) is 5.06. The lowest BCUT2D eigenvalue weighted by Crippen LogP contribution is -2.06. The fourth-order valence-corrected chi connectivity index (χ4v) is 2.61. The van der Waals surface area contributed by atoms with Crippen molar-refractivity contribution < 1.29 is 5.11 Å². The van der Waals surface area contributed by atoms with Crippen molar-refractivity contribution in [3.05, 3.63) is 35.4 Å². The Morgan fingerprint density at radius 3 is 1.76 bits per heavy atom. The van der Waals surface area contributed by atoms with Crippen LogP contribution in [0, 0.1) is 0 Å². The lowest BCUT2D eigenvalue weighted by molar-refractivity contribution is 0.147. The van der Waals surface area contributed by atoms with Gasteiger partial charge in [0.25, 0.3) is 0 Å². The van der Waals surface area contributed by atoms with E-state index in [1.807, 2.05) is 0 Å². The van der Waals surface area contributed by atoms with Gasteiger partial charge in [-0.2, -0.15) is 0 Å². The van der Waals surface area contributed by atoms with Crippen molar-refractivity contribution >= 4 is 0 Å². The Bertz CT molecular complexity index is 315. The molecule has 0 saturated carbocycles. The third-order valence-corrected chi connectivity index (χ3v) is 3.78. The summed E-state index contributed by atoms with van der Waals surface area (Å²) in [5.41, 5.74) is 2.91. The molecular weight excluding hydrogens is 208 g/mol. The fourth-order valence-electron chi connectivity index (χ4n) is 2.61. The zero-order chi connectivity index (χ0) is 11.9. The molecule has 1 aromatic rings. The quantitative estimate of drug-likeness (QED) is 0.719. The van der Waals surface area contributed by atoms with Crippen LogP contribution < -0.4 is 0 Å². The second-order valence-corrected chi connectivity index (χ2v) is 5.32. The average Bonchev–Trinajstić information content (AvgIpc) is 2.35. The Labute approximate surface area is 105 Å². The monoisotopic (exact) mass is 232 g/mol. The molecule has 17 heavy (non-hydrogen) atoms. The number of hydrogen-bond acceptors (Lipinski definition) is 1. The van der Waals surface area contributed by atoms with E-state index in [4.69, 9.17) is 0 Å². The molecule has 0 saturated heterocycles. The second kappa shape index (κ2) is 6.80. The van der Waals surface area contributed by atoms with Crippen molar-refractivity contribution in [2.45, 2.75) is 63.9 Å². The number of aliphatic hydroxyl groups excluding tert-OH is 1. The van der Waals surface area contributed by atoms with Gasteiger partial charge in [0.05, 0.1) is 6.10 Å². The minimum atomic E-state index is -0.0566. The van der Waals surface area contributed by atoms with E-state index in [9.17, 15) is 5.11 Å². The van der Waals surface area contributed by atoms with E-state index in [-0.39, 0.29) is 6.10 Å². The Morgan fingerprint density at radius 1 is 0.706 bits per heavy atom. The third-order valence-electron chi connectivity index (χ3n) is 3.78. The predicted molar refractivity (Wildman–Crippen MR) is 72.2 cm³/mol. The van der Waals surface area contributed by atoms with Crippen molar-refractivity contribution in [1.82, 2.24) is 0 Å². The van der Waals surface area contributed by atoms with E-state index in [1.165, 1.54) is 43.2 Å². The molecule has 0 heterocycles. The van der Waals surface area contributed by atoms with Crippen LogP contribution in [0.25, 0.3) is 0 Å². The Hall–Kier alpha value is -0.820. The molecular formula is C16H24O. The zero-order valence-corrected chi connectivity index (χ0v) is 10.7. The van der Waals surface area contributed by atoms with Gasteiger partial charge in [-0.1, -0.05) is 43.5 Å². The third kappa shape index (κ3) is 4.51. The molecule has 0 amide bonds. The van der Waals surface area contributed by atoms with Crippen molar-refractivity contribution in [3.63, 3.8) is 0 Å². The lowest BCUT2D eigenvalue weighted by Gasteiger charge is -2.11. The first-order valence-corrected chi connectivity index (χ1v) is 7.10. The SMILES string of the molecule is OC1CCCCCc2ccc(cc2)CCCC1. The highest BCUT2D eigenvalue weighted by Crippen LogP contribution is 2.16. The molecule has 2 aliphatic rings. The maximum atomic E-state index is 9.81. The van der Waals surface area contributed by atoms with Gasteiger partial charge in [-0.3, -0.25) is 0 Å². The molecule has 1 heteroatoms. The molecule has 1 aromatic carbocycles. The van der Waals surface area contributed by atoms with Crippen LogP contribution in [0.4, 0.5) is 0 Å². The number of aliphatic hydroxyl groups is 1. The van der Waals surface area contributed by atoms with Gasteiger partial charge in [-0.05, 0) is 49.7 Å². The summed E-state index contributed by atoms with van der Waals surface area (Å²) in [7, 11) is 0. The molecule has 0 fully saturated rings. The van der Waals surface area contributed by atoms with Crippen molar-refractivity contribution in [1.29, 1.82) is 0 Å². The summed E-state index contributed by atoms with van der Waals surface area (Å²) in [6, 6.07) is 9.13. The molecule has 0 radical (unpaired) electrons. The predicted octanol–water partition coefficient (Wildman–Crippen LogP) is 3.88. The summed E-state index contributed by atoms with van der Waals surface area (Å²) in [4.78, 5) is 0. The Morgan fingerprint density at radius 2 is 1.18 bits per heavy atom. The van der Waals surface area contributed by atoms with Gasteiger partial charge in [-0.25, -0.2) is 0 Å². The lowest BCUT2D eigenvalue weighted by atomic mass is 9.98. The molecule has 1 N–H and O–H groups in total. The summed E-state index contributed by atoms with van der Waals surface area (Å²) >= 11 is 0. The van der Waals surface area contributed by atoms with Crippen LogP contribution >= 0.6 is 0 Å². The van der Waals surface area contributed by atoms with Crippen LogP contribution in [-0.4, -0.2) is 11.2 Å². The normalized spacial score (nSPS) is 23.2. The minimum absolute atomic E-state index is 0.0566. The number of benzene rings is 1. The van der Waals surface area contributed by atoms with E-state index in [0.29, 0.717) is 0 Å². The summed E-state index contributed by atoms with van der Waals surface area (Å²) in [6.45, 7) is 0. The van der Waals surface area contributed by atoms with Gasteiger partial charge in [0, 0.05) is 0 Å². The summed E-state index contributed by atoms with van der Waals surface area (Å²) < 4.78 is 0. The largest absolute Gasteiger partial charge is 0.393 e.